The molecule has 0 saturated carbocycles. The molecule has 0 fully saturated rings. The third-order valence-electron chi connectivity index (χ3n) is 1.66. The molecular formula is C9H3F4NO. The fourth-order valence-electron chi connectivity index (χ4n) is 1.00. The van der Waals surface area contributed by atoms with Crippen molar-refractivity contribution in [1.29, 1.82) is 5.26 Å². The molecule has 0 bridgehead atoms. The summed E-state index contributed by atoms with van der Waals surface area (Å²) in [7, 11) is 0. The highest BCUT2D eigenvalue weighted by Crippen LogP contribution is 2.32. The van der Waals surface area contributed by atoms with Crippen molar-refractivity contribution in [2.45, 2.75) is 6.18 Å². The van der Waals surface area contributed by atoms with Crippen LogP contribution in [0.4, 0.5) is 17.6 Å². The molecule has 0 aliphatic heterocycles. The largest absolute Gasteiger partial charge is 0.419 e. The van der Waals surface area contributed by atoms with Gasteiger partial charge in [-0.1, -0.05) is 0 Å². The highest BCUT2D eigenvalue weighted by atomic mass is 19.4. The second-order valence-electron chi connectivity index (χ2n) is 2.65. The highest BCUT2D eigenvalue weighted by molar-refractivity contribution is 5.76. The average molecular weight is 217 g/mol. The minimum atomic E-state index is -4.92. The van der Waals surface area contributed by atoms with Gasteiger partial charge < -0.3 is 0 Å². The molecule has 0 saturated heterocycles. The first-order valence-corrected chi connectivity index (χ1v) is 3.66. The number of alkyl halides is 3. The first-order chi connectivity index (χ1) is 6.90. The minimum Gasteiger partial charge on any atom is -0.298 e. The van der Waals surface area contributed by atoms with Crippen molar-refractivity contribution in [2.75, 3.05) is 0 Å². The van der Waals surface area contributed by atoms with E-state index in [9.17, 15) is 22.4 Å². The molecule has 1 aromatic carbocycles. The second-order valence-corrected chi connectivity index (χ2v) is 2.65. The molecule has 0 spiro atoms. The van der Waals surface area contributed by atoms with Gasteiger partial charge in [0.2, 0.25) is 0 Å². The summed E-state index contributed by atoms with van der Waals surface area (Å²) in [6, 6.07) is 2.54. The lowest BCUT2D eigenvalue weighted by Crippen LogP contribution is -2.10. The van der Waals surface area contributed by atoms with E-state index in [0.717, 1.165) is 6.07 Å². The normalized spacial score (nSPS) is 10.9. The summed E-state index contributed by atoms with van der Waals surface area (Å²) in [5, 5.41) is 8.38. The standard InChI is InChI=1S/C9H3F4NO/c10-8-6(4-15)1-5(3-14)2-7(8)9(11,12)13/h1-2,4H. The van der Waals surface area contributed by atoms with Crippen molar-refractivity contribution in [3.05, 3.63) is 34.6 Å². The molecule has 6 heteroatoms. The van der Waals surface area contributed by atoms with Crippen LogP contribution in [0.2, 0.25) is 0 Å². The van der Waals surface area contributed by atoms with Crippen LogP contribution in [0.3, 0.4) is 0 Å². The maximum Gasteiger partial charge on any atom is 0.419 e. The Morgan fingerprint density at radius 2 is 1.93 bits per heavy atom. The number of hydrogen-bond acceptors (Lipinski definition) is 2. The number of rotatable bonds is 1. The zero-order chi connectivity index (χ0) is 11.6. The molecule has 0 heterocycles. The van der Waals surface area contributed by atoms with Crippen molar-refractivity contribution in [3.8, 4) is 6.07 Å². The molecule has 0 atom stereocenters. The van der Waals surface area contributed by atoms with Crippen molar-refractivity contribution >= 4 is 6.29 Å². The molecule has 78 valence electrons. The number of aldehydes is 1. The molecular weight excluding hydrogens is 214 g/mol. The lowest BCUT2D eigenvalue weighted by molar-refractivity contribution is -0.140. The van der Waals surface area contributed by atoms with Crippen molar-refractivity contribution in [3.63, 3.8) is 0 Å². The zero-order valence-corrected chi connectivity index (χ0v) is 7.10. The fraction of sp³-hybridized carbons (Fsp3) is 0.111. The number of benzene rings is 1. The molecule has 0 aliphatic rings. The van der Waals surface area contributed by atoms with Crippen LogP contribution in [0.15, 0.2) is 12.1 Å². The van der Waals surface area contributed by atoms with Crippen molar-refractivity contribution in [2.24, 2.45) is 0 Å². The Hall–Kier alpha value is -1.90. The predicted molar refractivity (Wildman–Crippen MR) is 41.5 cm³/mol. The molecule has 0 unspecified atom stereocenters. The quantitative estimate of drug-likeness (QED) is 0.535. The van der Waals surface area contributed by atoms with Gasteiger partial charge in [-0.25, -0.2) is 4.39 Å². The maximum absolute atomic E-state index is 13.0. The van der Waals surface area contributed by atoms with Crippen LogP contribution in [-0.4, -0.2) is 6.29 Å². The number of nitrogens with zero attached hydrogens (tertiary/aromatic N) is 1. The Kier molecular flexibility index (Phi) is 2.75. The fourth-order valence-corrected chi connectivity index (χ4v) is 1.00. The van der Waals surface area contributed by atoms with Gasteiger partial charge in [-0.2, -0.15) is 18.4 Å². The minimum absolute atomic E-state index is 0.0641. The van der Waals surface area contributed by atoms with Crippen LogP contribution in [0.1, 0.15) is 21.5 Å². The number of hydrogen-bond donors (Lipinski definition) is 0. The van der Waals surface area contributed by atoms with Crippen LogP contribution in [0.25, 0.3) is 0 Å². The summed E-state index contributed by atoms with van der Waals surface area (Å²) < 4.78 is 49.7. The van der Waals surface area contributed by atoms with E-state index in [1.807, 2.05) is 0 Å². The van der Waals surface area contributed by atoms with Crippen molar-refractivity contribution < 1.29 is 22.4 Å². The van der Waals surface area contributed by atoms with Gasteiger partial charge in [-0.3, -0.25) is 4.79 Å². The van der Waals surface area contributed by atoms with Crippen LogP contribution >= 0.6 is 0 Å². The summed E-state index contributed by atoms with van der Waals surface area (Å²) in [5.74, 6) is -1.66. The van der Waals surface area contributed by atoms with Gasteiger partial charge in [-0.15, -0.1) is 0 Å². The van der Waals surface area contributed by atoms with Gasteiger partial charge in [0, 0.05) is 0 Å². The molecule has 1 aromatic rings. The number of carbonyl (C=O) groups is 1. The van der Waals surface area contributed by atoms with Gasteiger partial charge >= 0.3 is 6.18 Å². The smallest absolute Gasteiger partial charge is 0.298 e. The summed E-state index contributed by atoms with van der Waals surface area (Å²) in [6.45, 7) is 0. The van der Waals surface area contributed by atoms with Crippen LogP contribution < -0.4 is 0 Å². The summed E-state index contributed by atoms with van der Waals surface area (Å²) in [6.07, 6.45) is -4.99. The molecule has 0 aliphatic carbocycles. The third kappa shape index (κ3) is 2.13. The van der Waals surface area contributed by atoms with Gasteiger partial charge in [0.05, 0.1) is 22.8 Å². The van der Waals surface area contributed by atoms with E-state index in [0.29, 0.717) is 6.07 Å². The summed E-state index contributed by atoms with van der Waals surface area (Å²) >= 11 is 0. The van der Waals surface area contributed by atoms with Crippen LogP contribution in [0.5, 0.6) is 0 Å². The Labute approximate surface area is 81.7 Å². The molecule has 0 radical (unpaired) electrons. The molecule has 0 amide bonds. The molecule has 15 heavy (non-hydrogen) atoms. The van der Waals surface area contributed by atoms with Gasteiger partial charge in [0.15, 0.2) is 6.29 Å². The van der Waals surface area contributed by atoms with Gasteiger partial charge in [0.25, 0.3) is 0 Å². The first-order valence-electron chi connectivity index (χ1n) is 3.66. The maximum atomic E-state index is 13.0. The van der Waals surface area contributed by atoms with Crippen LogP contribution in [0, 0.1) is 17.1 Å². The number of halogens is 4. The molecule has 0 N–H and O–H groups in total. The van der Waals surface area contributed by atoms with E-state index in [-0.39, 0.29) is 6.29 Å². The summed E-state index contributed by atoms with van der Waals surface area (Å²) in [4.78, 5) is 10.3. The monoisotopic (exact) mass is 217 g/mol. The Bertz CT molecular complexity index is 445. The van der Waals surface area contributed by atoms with E-state index in [2.05, 4.69) is 0 Å². The van der Waals surface area contributed by atoms with Gasteiger partial charge in [-0.05, 0) is 12.1 Å². The SMILES string of the molecule is N#Cc1cc(C=O)c(F)c(C(F)(F)F)c1. The Morgan fingerprint density at radius 1 is 1.33 bits per heavy atom. The topological polar surface area (TPSA) is 40.9 Å². The Morgan fingerprint density at radius 3 is 2.33 bits per heavy atom. The average Bonchev–Trinajstić information content (AvgIpc) is 2.16. The van der Waals surface area contributed by atoms with Gasteiger partial charge in [0.1, 0.15) is 5.82 Å². The zero-order valence-electron chi connectivity index (χ0n) is 7.10. The lowest BCUT2D eigenvalue weighted by atomic mass is 10.1. The molecule has 1 rings (SSSR count). The third-order valence-corrected chi connectivity index (χ3v) is 1.66. The van der Waals surface area contributed by atoms with E-state index < -0.39 is 28.7 Å². The van der Waals surface area contributed by atoms with E-state index >= 15 is 0 Å². The molecule has 0 aromatic heterocycles. The van der Waals surface area contributed by atoms with Crippen LogP contribution in [-0.2, 0) is 6.18 Å². The number of carbonyl (C=O) groups excluding carboxylic acids is 1. The van der Waals surface area contributed by atoms with E-state index in [1.54, 1.807) is 0 Å². The van der Waals surface area contributed by atoms with Crippen molar-refractivity contribution in [1.82, 2.24) is 0 Å². The summed E-state index contributed by atoms with van der Waals surface area (Å²) in [5.41, 5.74) is -2.80. The predicted octanol–water partition coefficient (Wildman–Crippen LogP) is 2.53. The van der Waals surface area contributed by atoms with E-state index in [4.69, 9.17) is 5.26 Å². The lowest BCUT2D eigenvalue weighted by Gasteiger charge is -2.09. The number of nitriles is 1. The highest BCUT2D eigenvalue weighted by Gasteiger charge is 2.35. The first kappa shape index (κ1) is 11.2. The second kappa shape index (κ2) is 3.69. The Balaban J connectivity index is 3.53. The molecule has 2 nitrogen and oxygen atoms in total. The van der Waals surface area contributed by atoms with E-state index in [1.165, 1.54) is 6.07 Å².